The summed E-state index contributed by atoms with van der Waals surface area (Å²) in [6.45, 7) is 7.17. The number of aliphatic imine (C=N–C) groups is 1. The third-order valence-corrected chi connectivity index (χ3v) is 3.18. The van der Waals surface area contributed by atoms with Crippen LogP contribution in [0.15, 0.2) is 23.2 Å². The van der Waals surface area contributed by atoms with E-state index in [-0.39, 0.29) is 29.6 Å². The first-order valence-electron chi connectivity index (χ1n) is 7.29. The minimum Gasteiger partial charge on any atom is -0.493 e. The van der Waals surface area contributed by atoms with Crippen molar-refractivity contribution < 1.29 is 14.2 Å². The Kier molecular flexibility index (Phi) is 9.98. The summed E-state index contributed by atoms with van der Waals surface area (Å²) in [6.07, 6.45) is 0. The fourth-order valence-electron chi connectivity index (χ4n) is 1.71. The van der Waals surface area contributed by atoms with Crippen molar-refractivity contribution in [3.8, 4) is 11.5 Å². The maximum Gasteiger partial charge on any atom is 0.195 e. The van der Waals surface area contributed by atoms with Crippen LogP contribution in [0.5, 0.6) is 11.5 Å². The van der Waals surface area contributed by atoms with Gasteiger partial charge >= 0.3 is 0 Å². The second kappa shape index (κ2) is 10.5. The van der Waals surface area contributed by atoms with Crippen LogP contribution in [0.4, 0.5) is 5.69 Å². The van der Waals surface area contributed by atoms with E-state index in [0.29, 0.717) is 30.6 Å². The Morgan fingerprint density at radius 2 is 1.91 bits per heavy atom. The maximum absolute atomic E-state index is 5.57. The Morgan fingerprint density at radius 1 is 1.22 bits per heavy atom. The lowest BCUT2D eigenvalue weighted by atomic mass is 10.1. The molecule has 0 saturated carbocycles. The molecule has 0 radical (unpaired) electrons. The minimum atomic E-state index is -0.270. The van der Waals surface area contributed by atoms with E-state index in [1.807, 2.05) is 39.0 Å². The van der Waals surface area contributed by atoms with E-state index in [0.717, 1.165) is 5.69 Å². The van der Waals surface area contributed by atoms with Crippen molar-refractivity contribution in [1.82, 2.24) is 5.32 Å². The van der Waals surface area contributed by atoms with E-state index in [9.17, 15) is 0 Å². The fourth-order valence-corrected chi connectivity index (χ4v) is 1.71. The number of rotatable bonds is 7. The zero-order valence-electron chi connectivity index (χ0n) is 14.7. The van der Waals surface area contributed by atoms with E-state index in [2.05, 4.69) is 15.6 Å². The Labute approximate surface area is 156 Å². The van der Waals surface area contributed by atoms with Crippen LogP contribution in [-0.2, 0) is 4.74 Å². The molecule has 0 fully saturated rings. The van der Waals surface area contributed by atoms with Gasteiger partial charge in [-0.15, -0.1) is 24.0 Å². The van der Waals surface area contributed by atoms with Gasteiger partial charge in [-0.25, -0.2) is 0 Å². The highest BCUT2D eigenvalue weighted by molar-refractivity contribution is 14.0. The predicted molar refractivity (Wildman–Crippen MR) is 106 cm³/mol. The number of nitrogens with zero attached hydrogens (tertiary/aromatic N) is 1. The van der Waals surface area contributed by atoms with Gasteiger partial charge in [0, 0.05) is 32.5 Å². The average molecular weight is 437 g/mol. The number of benzene rings is 1. The van der Waals surface area contributed by atoms with Crippen molar-refractivity contribution in [1.29, 1.82) is 0 Å². The van der Waals surface area contributed by atoms with E-state index >= 15 is 0 Å². The van der Waals surface area contributed by atoms with E-state index in [1.165, 1.54) is 0 Å². The van der Waals surface area contributed by atoms with Crippen molar-refractivity contribution in [3.05, 3.63) is 18.2 Å². The fraction of sp³-hybridized carbons (Fsp3) is 0.562. The van der Waals surface area contributed by atoms with E-state index in [4.69, 9.17) is 14.2 Å². The molecule has 0 amide bonds. The molecule has 0 heterocycles. The Balaban J connectivity index is 0.00000484. The number of anilines is 1. The number of methoxy groups -OCH3 is 2. The molecule has 1 aromatic rings. The molecule has 0 spiro atoms. The third kappa shape index (κ3) is 7.26. The van der Waals surface area contributed by atoms with Crippen LogP contribution in [0.3, 0.4) is 0 Å². The lowest BCUT2D eigenvalue weighted by Crippen LogP contribution is -2.42. The number of ether oxygens (including phenoxy) is 3. The van der Waals surface area contributed by atoms with Gasteiger partial charge in [0.05, 0.1) is 19.3 Å². The van der Waals surface area contributed by atoms with E-state index in [1.54, 1.807) is 21.3 Å². The average Bonchev–Trinajstić information content (AvgIpc) is 2.52. The van der Waals surface area contributed by atoms with Crippen LogP contribution in [0.25, 0.3) is 0 Å². The van der Waals surface area contributed by atoms with Gasteiger partial charge in [-0.2, -0.15) is 0 Å². The zero-order valence-corrected chi connectivity index (χ0v) is 17.1. The quantitative estimate of drug-likeness (QED) is 0.390. The van der Waals surface area contributed by atoms with Crippen molar-refractivity contribution >= 4 is 35.6 Å². The second-order valence-corrected chi connectivity index (χ2v) is 5.31. The molecule has 0 aliphatic heterocycles. The van der Waals surface area contributed by atoms with Gasteiger partial charge in [0.1, 0.15) is 0 Å². The van der Waals surface area contributed by atoms with Gasteiger partial charge in [-0.1, -0.05) is 0 Å². The highest BCUT2D eigenvalue weighted by atomic mass is 127. The lowest BCUT2D eigenvalue weighted by molar-refractivity contribution is 0.0270. The highest BCUT2D eigenvalue weighted by Crippen LogP contribution is 2.30. The van der Waals surface area contributed by atoms with Crippen molar-refractivity contribution in [2.75, 3.05) is 39.7 Å². The molecule has 0 saturated heterocycles. The first kappa shape index (κ1) is 21.8. The molecule has 6 nitrogen and oxygen atoms in total. The lowest BCUT2D eigenvalue weighted by Gasteiger charge is -2.24. The molecule has 23 heavy (non-hydrogen) atoms. The standard InChI is InChI=1S/C16H27N3O3.HI/c1-7-22-14-10-12(8-9-13(14)20-5)19-15(17-4)18-11-16(2,3)21-6;/h8-10H,7,11H2,1-6H3,(H2,17,18,19);1H. The molecule has 132 valence electrons. The topological polar surface area (TPSA) is 64.1 Å². The van der Waals surface area contributed by atoms with Crippen LogP contribution in [-0.4, -0.2) is 46.0 Å². The smallest absolute Gasteiger partial charge is 0.195 e. The molecular weight excluding hydrogens is 409 g/mol. The predicted octanol–water partition coefficient (Wildman–Crippen LogP) is 3.12. The van der Waals surface area contributed by atoms with Gasteiger partial charge in [-0.05, 0) is 32.9 Å². The summed E-state index contributed by atoms with van der Waals surface area (Å²) in [4.78, 5) is 4.21. The molecule has 2 N–H and O–H groups in total. The number of nitrogens with one attached hydrogen (secondary N) is 2. The summed E-state index contributed by atoms with van der Waals surface area (Å²) in [7, 11) is 5.04. The number of hydrogen-bond donors (Lipinski definition) is 2. The van der Waals surface area contributed by atoms with Crippen molar-refractivity contribution in [2.45, 2.75) is 26.4 Å². The number of guanidine groups is 1. The van der Waals surface area contributed by atoms with Crippen LogP contribution >= 0.6 is 24.0 Å². The highest BCUT2D eigenvalue weighted by Gasteiger charge is 2.16. The third-order valence-electron chi connectivity index (χ3n) is 3.18. The van der Waals surface area contributed by atoms with Gasteiger partial charge in [0.2, 0.25) is 0 Å². The van der Waals surface area contributed by atoms with Gasteiger partial charge in [0.15, 0.2) is 17.5 Å². The number of halogens is 1. The van der Waals surface area contributed by atoms with Gasteiger partial charge in [0.25, 0.3) is 0 Å². The molecule has 0 unspecified atom stereocenters. The summed E-state index contributed by atoms with van der Waals surface area (Å²) in [5, 5.41) is 6.45. The molecule has 1 aromatic carbocycles. The summed E-state index contributed by atoms with van der Waals surface area (Å²) in [5.74, 6) is 2.07. The summed E-state index contributed by atoms with van der Waals surface area (Å²) >= 11 is 0. The van der Waals surface area contributed by atoms with E-state index < -0.39 is 0 Å². The molecule has 1 rings (SSSR count). The van der Waals surface area contributed by atoms with Crippen LogP contribution in [0.2, 0.25) is 0 Å². The van der Waals surface area contributed by atoms with Crippen LogP contribution < -0.4 is 20.1 Å². The van der Waals surface area contributed by atoms with Crippen molar-refractivity contribution in [2.24, 2.45) is 4.99 Å². The Morgan fingerprint density at radius 3 is 2.43 bits per heavy atom. The summed E-state index contributed by atoms with van der Waals surface area (Å²) in [6, 6.07) is 5.66. The first-order valence-corrected chi connectivity index (χ1v) is 7.29. The molecule has 0 aliphatic carbocycles. The minimum absolute atomic E-state index is 0. The summed E-state index contributed by atoms with van der Waals surface area (Å²) < 4.78 is 16.2. The maximum atomic E-state index is 5.57. The second-order valence-electron chi connectivity index (χ2n) is 5.31. The van der Waals surface area contributed by atoms with Gasteiger partial charge < -0.3 is 24.8 Å². The molecule has 0 aliphatic rings. The van der Waals surface area contributed by atoms with Crippen LogP contribution in [0, 0.1) is 0 Å². The van der Waals surface area contributed by atoms with Gasteiger partial charge in [-0.3, -0.25) is 4.99 Å². The van der Waals surface area contributed by atoms with Crippen LogP contribution in [0.1, 0.15) is 20.8 Å². The molecule has 0 bridgehead atoms. The largest absolute Gasteiger partial charge is 0.493 e. The number of hydrogen-bond acceptors (Lipinski definition) is 4. The molecule has 0 atom stereocenters. The normalized spacial score (nSPS) is 11.5. The molecule has 7 heteroatoms. The molecule has 0 aromatic heterocycles. The SMILES string of the molecule is CCOc1cc(NC(=NC)NCC(C)(C)OC)ccc1OC.I. The Bertz CT molecular complexity index is 507. The van der Waals surface area contributed by atoms with Crippen molar-refractivity contribution in [3.63, 3.8) is 0 Å². The summed E-state index contributed by atoms with van der Waals surface area (Å²) in [5.41, 5.74) is 0.598. The molecular formula is C16H28IN3O3. The Hall–Kier alpha value is -1.22. The first-order chi connectivity index (χ1) is 10.5. The zero-order chi connectivity index (χ0) is 16.6. The monoisotopic (exact) mass is 437 g/mol.